The molecule has 0 radical (unpaired) electrons. The fourth-order valence-corrected chi connectivity index (χ4v) is 3.90. The van der Waals surface area contributed by atoms with Crippen molar-refractivity contribution in [3.05, 3.63) is 95.6 Å². The van der Waals surface area contributed by atoms with Crippen LogP contribution in [0.2, 0.25) is 0 Å². The summed E-state index contributed by atoms with van der Waals surface area (Å²) in [5, 5.41) is 5.29. The molecule has 1 unspecified atom stereocenters. The first-order chi connectivity index (χ1) is 17.3. The number of carbonyl (C=O) groups excluding carboxylic acids is 3. The summed E-state index contributed by atoms with van der Waals surface area (Å²) in [5.74, 6) is -0.808. The number of benzodiazepines with no additional fused rings is 1. The van der Waals surface area contributed by atoms with Gasteiger partial charge in [0.25, 0.3) is 11.8 Å². The van der Waals surface area contributed by atoms with Crippen molar-refractivity contribution >= 4 is 29.1 Å². The van der Waals surface area contributed by atoms with Crippen LogP contribution in [0.5, 0.6) is 5.75 Å². The second kappa shape index (κ2) is 10.9. The Morgan fingerprint density at radius 1 is 1.03 bits per heavy atom. The van der Waals surface area contributed by atoms with E-state index in [4.69, 9.17) is 4.74 Å². The maximum absolute atomic E-state index is 13.2. The summed E-state index contributed by atoms with van der Waals surface area (Å²) in [4.78, 5) is 44.7. The van der Waals surface area contributed by atoms with Gasteiger partial charge in [-0.3, -0.25) is 14.4 Å². The van der Waals surface area contributed by atoms with Crippen molar-refractivity contribution in [3.63, 3.8) is 0 Å². The highest BCUT2D eigenvalue weighted by molar-refractivity contribution is 6.20. The van der Waals surface area contributed by atoms with Gasteiger partial charge >= 0.3 is 0 Å². The highest BCUT2D eigenvalue weighted by Crippen LogP contribution is 2.27. The topological polar surface area (TPSA) is 100 Å². The van der Waals surface area contributed by atoms with Crippen LogP contribution < -0.4 is 20.3 Å². The second-order valence-electron chi connectivity index (χ2n) is 8.56. The fraction of sp³-hybridized carbons (Fsp3) is 0.214. The van der Waals surface area contributed by atoms with Crippen molar-refractivity contribution in [2.24, 2.45) is 4.99 Å². The van der Waals surface area contributed by atoms with Gasteiger partial charge in [-0.1, -0.05) is 60.7 Å². The molecule has 4 rings (SSSR count). The van der Waals surface area contributed by atoms with Crippen LogP contribution in [0.4, 0.5) is 5.69 Å². The Morgan fingerprint density at radius 2 is 1.75 bits per heavy atom. The third kappa shape index (κ3) is 5.60. The lowest BCUT2D eigenvalue weighted by molar-refractivity contribution is -0.131. The molecule has 8 nitrogen and oxygen atoms in total. The van der Waals surface area contributed by atoms with Gasteiger partial charge in [-0.2, -0.15) is 0 Å². The van der Waals surface area contributed by atoms with E-state index in [-0.39, 0.29) is 12.5 Å². The molecule has 0 spiro atoms. The van der Waals surface area contributed by atoms with Crippen LogP contribution in [-0.2, 0) is 14.4 Å². The Morgan fingerprint density at radius 3 is 2.50 bits per heavy atom. The molecule has 0 aliphatic carbocycles. The number of nitrogens with one attached hydrogen (secondary N) is 2. The number of amides is 3. The van der Waals surface area contributed by atoms with E-state index < -0.39 is 24.0 Å². The number of anilines is 1. The number of fused-ring (bicyclic) bond motifs is 1. The molecule has 36 heavy (non-hydrogen) atoms. The Hall–Kier alpha value is -4.46. The Kier molecular flexibility index (Phi) is 7.44. The van der Waals surface area contributed by atoms with Gasteiger partial charge in [-0.25, -0.2) is 4.99 Å². The third-order valence-electron chi connectivity index (χ3n) is 5.80. The van der Waals surface area contributed by atoms with Crippen molar-refractivity contribution in [2.45, 2.75) is 26.1 Å². The van der Waals surface area contributed by atoms with E-state index in [1.165, 1.54) is 4.90 Å². The molecule has 1 aliphatic rings. The van der Waals surface area contributed by atoms with Crippen LogP contribution >= 0.6 is 0 Å². The van der Waals surface area contributed by atoms with Crippen LogP contribution in [-0.4, -0.2) is 49.3 Å². The molecular formula is C28H28N4O4. The first kappa shape index (κ1) is 24.7. The van der Waals surface area contributed by atoms with Crippen molar-refractivity contribution in [1.82, 2.24) is 10.6 Å². The average molecular weight is 485 g/mol. The standard InChI is InChI=1S/C28H28N4O4/c1-18-10-9-13-21(16-18)36-17-24(33)29-19(2)27(34)31-26-28(35)32(3)23-15-8-7-14-22(23)25(30-26)20-11-5-4-6-12-20/h4-16,19,26H,17H2,1-3H3,(H,29,33)(H,31,34)/t19-,26?/m0/s1. The van der Waals surface area contributed by atoms with E-state index >= 15 is 0 Å². The highest BCUT2D eigenvalue weighted by Gasteiger charge is 2.32. The van der Waals surface area contributed by atoms with E-state index in [9.17, 15) is 14.4 Å². The third-order valence-corrected chi connectivity index (χ3v) is 5.80. The van der Waals surface area contributed by atoms with E-state index in [0.29, 0.717) is 17.1 Å². The molecule has 3 aromatic rings. The number of para-hydroxylation sites is 1. The van der Waals surface area contributed by atoms with Gasteiger partial charge in [-0.15, -0.1) is 0 Å². The van der Waals surface area contributed by atoms with Gasteiger partial charge in [0, 0.05) is 18.2 Å². The smallest absolute Gasteiger partial charge is 0.272 e. The first-order valence-corrected chi connectivity index (χ1v) is 11.6. The Labute approximate surface area is 210 Å². The van der Waals surface area contributed by atoms with Gasteiger partial charge in [0.2, 0.25) is 12.1 Å². The number of nitrogens with zero attached hydrogens (tertiary/aromatic N) is 2. The zero-order valence-corrected chi connectivity index (χ0v) is 20.4. The van der Waals surface area contributed by atoms with Gasteiger partial charge in [0.05, 0.1) is 11.4 Å². The normalized spacial score (nSPS) is 15.8. The minimum atomic E-state index is -1.16. The molecule has 1 heterocycles. The highest BCUT2D eigenvalue weighted by atomic mass is 16.5. The van der Waals surface area contributed by atoms with Gasteiger partial charge in [0.15, 0.2) is 6.61 Å². The molecule has 0 bridgehead atoms. The predicted octanol–water partition coefficient (Wildman–Crippen LogP) is 2.83. The number of hydrogen-bond acceptors (Lipinski definition) is 5. The summed E-state index contributed by atoms with van der Waals surface area (Å²) < 4.78 is 5.50. The number of carbonyl (C=O) groups is 3. The van der Waals surface area contributed by atoms with E-state index in [2.05, 4.69) is 15.6 Å². The molecule has 1 aliphatic heterocycles. The summed E-state index contributed by atoms with van der Waals surface area (Å²) in [5.41, 5.74) is 3.90. The zero-order valence-electron chi connectivity index (χ0n) is 20.4. The van der Waals surface area contributed by atoms with Gasteiger partial charge in [0.1, 0.15) is 11.8 Å². The predicted molar refractivity (Wildman–Crippen MR) is 138 cm³/mol. The minimum absolute atomic E-state index is 0.238. The zero-order chi connectivity index (χ0) is 25.7. The van der Waals surface area contributed by atoms with E-state index in [1.54, 1.807) is 20.0 Å². The summed E-state index contributed by atoms with van der Waals surface area (Å²) >= 11 is 0. The fourth-order valence-electron chi connectivity index (χ4n) is 3.90. The van der Waals surface area contributed by atoms with Gasteiger partial charge < -0.3 is 20.3 Å². The summed E-state index contributed by atoms with van der Waals surface area (Å²) in [6, 6.07) is 23.4. The number of aryl methyl sites for hydroxylation is 1. The van der Waals surface area contributed by atoms with Crippen molar-refractivity contribution in [1.29, 1.82) is 0 Å². The first-order valence-electron chi connectivity index (χ1n) is 11.6. The number of likely N-dealkylation sites (N-methyl/N-ethyl adjacent to an activating group) is 1. The molecule has 184 valence electrons. The number of ether oxygens (including phenoxy) is 1. The quantitative estimate of drug-likeness (QED) is 0.539. The number of hydrogen-bond donors (Lipinski definition) is 2. The molecule has 0 fully saturated rings. The Bertz CT molecular complexity index is 1310. The molecule has 2 N–H and O–H groups in total. The van der Waals surface area contributed by atoms with E-state index in [0.717, 1.165) is 16.7 Å². The number of benzene rings is 3. The monoisotopic (exact) mass is 484 g/mol. The SMILES string of the molecule is Cc1cccc(OCC(=O)N[C@@H](C)C(=O)NC2N=C(c3ccccc3)c3ccccc3N(C)C2=O)c1. The van der Waals surface area contributed by atoms with Crippen LogP contribution in [0.15, 0.2) is 83.9 Å². The Balaban J connectivity index is 1.48. The lowest BCUT2D eigenvalue weighted by Crippen LogP contribution is -2.52. The average Bonchev–Trinajstić information content (AvgIpc) is 2.98. The molecule has 0 saturated heterocycles. The molecule has 8 heteroatoms. The molecular weight excluding hydrogens is 456 g/mol. The van der Waals surface area contributed by atoms with Crippen LogP contribution in [0, 0.1) is 6.92 Å². The summed E-state index contributed by atoms with van der Waals surface area (Å²) in [7, 11) is 1.65. The minimum Gasteiger partial charge on any atom is -0.484 e. The maximum Gasteiger partial charge on any atom is 0.272 e. The van der Waals surface area contributed by atoms with Crippen molar-refractivity contribution in [3.8, 4) is 5.75 Å². The summed E-state index contributed by atoms with van der Waals surface area (Å²) in [6.45, 7) is 3.23. The maximum atomic E-state index is 13.2. The van der Waals surface area contributed by atoms with Crippen LogP contribution in [0.1, 0.15) is 23.6 Å². The molecule has 3 amide bonds. The number of rotatable bonds is 7. The van der Waals surface area contributed by atoms with E-state index in [1.807, 2.05) is 79.7 Å². The van der Waals surface area contributed by atoms with Crippen LogP contribution in [0.25, 0.3) is 0 Å². The molecule has 0 saturated carbocycles. The van der Waals surface area contributed by atoms with Crippen LogP contribution in [0.3, 0.4) is 0 Å². The lowest BCUT2D eigenvalue weighted by Gasteiger charge is -2.22. The molecule has 3 aromatic carbocycles. The van der Waals surface area contributed by atoms with Crippen molar-refractivity contribution in [2.75, 3.05) is 18.6 Å². The number of aliphatic imine (C=N–C) groups is 1. The lowest BCUT2D eigenvalue weighted by atomic mass is 10.0. The van der Waals surface area contributed by atoms with Gasteiger partial charge in [-0.05, 0) is 37.6 Å². The molecule has 2 atom stereocenters. The van der Waals surface area contributed by atoms with Crippen molar-refractivity contribution < 1.29 is 19.1 Å². The second-order valence-corrected chi connectivity index (χ2v) is 8.56. The largest absolute Gasteiger partial charge is 0.484 e. The molecule has 0 aromatic heterocycles. The summed E-state index contributed by atoms with van der Waals surface area (Å²) in [6.07, 6.45) is -1.16.